The molecule has 2 aliphatic rings. The van der Waals surface area contributed by atoms with Crippen molar-refractivity contribution in [3.8, 4) is 22.9 Å². The van der Waals surface area contributed by atoms with Gasteiger partial charge in [0.05, 0.1) is 24.8 Å². The Hall–Kier alpha value is -4.14. The van der Waals surface area contributed by atoms with Crippen LogP contribution in [0.3, 0.4) is 0 Å². The normalized spacial score (nSPS) is 16.5. The molecule has 1 fully saturated rings. The maximum absolute atomic E-state index is 13.3. The van der Waals surface area contributed by atoms with Gasteiger partial charge in [-0.2, -0.15) is 9.78 Å². The van der Waals surface area contributed by atoms with E-state index in [1.54, 1.807) is 48.4 Å². The van der Waals surface area contributed by atoms with Gasteiger partial charge in [0.1, 0.15) is 17.1 Å². The Morgan fingerprint density at radius 3 is 2.60 bits per heavy atom. The molecular weight excluding hydrogens is 450 g/mol. The zero-order valence-electron chi connectivity index (χ0n) is 19.5. The molecule has 35 heavy (non-hydrogen) atoms. The lowest BCUT2D eigenvalue weighted by atomic mass is 9.82. The molecule has 1 N–H and O–H groups in total. The number of hydrogen-bond acceptors (Lipinski definition) is 7. The van der Waals surface area contributed by atoms with Gasteiger partial charge in [0, 0.05) is 32.0 Å². The van der Waals surface area contributed by atoms with E-state index in [0.717, 1.165) is 16.3 Å². The third-order valence-corrected chi connectivity index (χ3v) is 6.62. The first-order valence-electron chi connectivity index (χ1n) is 11.4. The molecule has 0 aliphatic carbocycles. The van der Waals surface area contributed by atoms with Gasteiger partial charge >= 0.3 is 0 Å². The van der Waals surface area contributed by atoms with Gasteiger partial charge in [-0.1, -0.05) is 12.1 Å². The highest BCUT2D eigenvalue weighted by molar-refractivity contribution is 6.01. The van der Waals surface area contributed by atoms with Crippen molar-refractivity contribution in [2.24, 2.45) is 0 Å². The molecule has 180 valence electrons. The number of amides is 1. The number of fused-ring (bicyclic) bond motifs is 1. The number of aromatic nitrogens is 2. The second-order valence-corrected chi connectivity index (χ2v) is 9.01. The number of carbonyl (C=O) groups is 2. The minimum Gasteiger partial charge on any atom is -0.505 e. The fourth-order valence-electron chi connectivity index (χ4n) is 4.69. The SMILES string of the molecule is COc1ccc2c(c1)C(=O)CC1(CCN(C(=O)c3nn(-c4cccc(C)c4)c(=O)cc3O)CC1)O2. The van der Waals surface area contributed by atoms with Gasteiger partial charge in [0.15, 0.2) is 17.2 Å². The Morgan fingerprint density at radius 2 is 1.89 bits per heavy atom. The summed E-state index contributed by atoms with van der Waals surface area (Å²) in [5.41, 5.74) is 0.519. The van der Waals surface area contributed by atoms with Gasteiger partial charge < -0.3 is 19.5 Å². The minimum atomic E-state index is -0.689. The van der Waals surface area contributed by atoms with Gasteiger partial charge in [-0.3, -0.25) is 14.4 Å². The number of Topliss-reactive ketones (excluding diaryl/α,β-unsaturated/α-hetero) is 1. The predicted octanol–water partition coefficient (Wildman–Crippen LogP) is 2.90. The summed E-state index contributed by atoms with van der Waals surface area (Å²) in [7, 11) is 1.55. The Labute approximate surface area is 201 Å². The average Bonchev–Trinajstić information content (AvgIpc) is 2.84. The van der Waals surface area contributed by atoms with Crippen LogP contribution in [0, 0.1) is 6.92 Å². The number of methoxy groups -OCH3 is 1. The molecule has 2 aliphatic heterocycles. The van der Waals surface area contributed by atoms with Crippen LogP contribution in [0.1, 0.15) is 45.7 Å². The van der Waals surface area contributed by atoms with Crippen molar-refractivity contribution < 1.29 is 24.2 Å². The standard InChI is InChI=1S/C26H25N3O6/c1-16-4-3-5-17(12-16)29-23(32)14-20(30)24(27-29)25(33)28-10-8-26(9-11-28)15-21(31)19-13-18(34-2)6-7-22(19)35-26/h3-7,12-14,30H,8-11,15H2,1-2H3. The highest BCUT2D eigenvalue weighted by Gasteiger charge is 2.44. The fourth-order valence-corrected chi connectivity index (χ4v) is 4.69. The van der Waals surface area contributed by atoms with E-state index in [0.29, 0.717) is 48.7 Å². The van der Waals surface area contributed by atoms with Crippen LogP contribution in [0.15, 0.2) is 53.3 Å². The topological polar surface area (TPSA) is 111 Å². The van der Waals surface area contributed by atoms with E-state index in [-0.39, 0.29) is 17.9 Å². The van der Waals surface area contributed by atoms with Gasteiger partial charge in [-0.15, -0.1) is 0 Å². The van der Waals surface area contributed by atoms with Crippen molar-refractivity contribution in [1.29, 1.82) is 0 Å². The molecule has 0 saturated carbocycles. The van der Waals surface area contributed by atoms with Crippen LogP contribution in [0.25, 0.3) is 5.69 Å². The lowest BCUT2D eigenvalue weighted by Crippen LogP contribution is -2.52. The number of ketones is 1. The molecule has 3 heterocycles. The fraction of sp³-hybridized carbons (Fsp3) is 0.308. The Kier molecular flexibility index (Phi) is 5.55. The first-order chi connectivity index (χ1) is 16.8. The van der Waals surface area contributed by atoms with Gasteiger partial charge in [0.2, 0.25) is 0 Å². The number of likely N-dealkylation sites (tertiary alicyclic amines) is 1. The van der Waals surface area contributed by atoms with E-state index in [4.69, 9.17) is 9.47 Å². The number of piperidine rings is 1. The minimum absolute atomic E-state index is 0.0190. The predicted molar refractivity (Wildman–Crippen MR) is 127 cm³/mol. The van der Waals surface area contributed by atoms with E-state index in [9.17, 15) is 19.5 Å². The van der Waals surface area contributed by atoms with E-state index in [1.165, 1.54) is 0 Å². The van der Waals surface area contributed by atoms with E-state index < -0.39 is 22.8 Å². The highest BCUT2D eigenvalue weighted by atomic mass is 16.5. The second kappa shape index (κ2) is 8.57. The van der Waals surface area contributed by atoms with Crippen LogP contribution in [-0.2, 0) is 0 Å². The Morgan fingerprint density at radius 1 is 1.11 bits per heavy atom. The Bertz CT molecular complexity index is 1390. The lowest BCUT2D eigenvalue weighted by molar-refractivity contribution is -0.00600. The van der Waals surface area contributed by atoms with Crippen LogP contribution in [0.4, 0.5) is 0 Å². The summed E-state index contributed by atoms with van der Waals surface area (Å²) in [5, 5.41) is 14.5. The summed E-state index contributed by atoms with van der Waals surface area (Å²) in [4.78, 5) is 40.1. The van der Waals surface area contributed by atoms with Crippen molar-refractivity contribution >= 4 is 11.7 Å². The zero-order valence-corrected chi connectivity index (χ0v) is 19.5. The highest BCUT2D eigenvalue weighted by Crippen LogP contribution is 2.40. The smallest absolute Gasteiger partial charge is 0.278 e. The van der Waals surface area contributed by atoms with Gasteiger partial charge in [0.25, 0.3) is 11.5 Å². The van der Waals surface area contributed by atoms with Crippen LogP contribution in [-0.4, -0.2) is 57.3 Å². The molecule has 1 amide bonds. The molecule has 3 aromatic rings. The first-order valence-corrected chi connectivity index (χ1v) is 11.4. The van der Waals surface area contributed by atoms with Crippen LogP contribution < -0.4 is 15.0 Å². The van der Waals surface area contributed by atoms with Crippen molar-refractivity contribution in [3.63, 3.8) is 0 Å². The van der Waals surface area contributed by atoms with E-state index >= 15 is 0 Å². The summed E-state index contributed by atoms with van der Waals surface area (Å²) in [6.07, 6.45) is 1.12. The number of benzene rings is 2. The quantitative estimate of drug-likeness (QED) is 0.620. The first kappa shape index (κ1) is 22.6. The zero-order chi connectivity index (χ0) is 24.7. The van der Waals surface area contributed by atoms with Crippen molar-refractivity contribution in [1.82, 2.24) is 14.7 Å². The third-order valence-electron chi connectivity index (χ3n) is 6.62. The molecule has 0 radical (unpaired) electrons. The number of rotatable bonds is 3. The molecule has 0 bridgehead atoms. The monoisotopic (exact) mass is 475 g/mol. The van der Waals surface area contributed by atoms with Gasteiger partial charge in [-0.05, 0) is 42.8 Å². The van der Waals surface area contributed by atoms with Crippen LogP contribution >= 0.6 is 0 Å². The molecule has 2 aromatic carbocycles. The lowest BCUT2D eigenvalue weighted by Gasteiger charge is -2.43. The van der Waals surface area contributed by atoms with Crippen molar-refractivity contribution in [3.05, 3.63) is 75.7 Å². The third kappa shape index (κ3) is 4.14. The number of aromatic hydroxyl groups is 1. The molecule has 0 unspecified atom stereocenters. The Balaban J connectivity index is 1.36. The van der Waals surface area contributed by atoms with Crippen molar-refractivity contribution in [2.75, 3.05) is 20.2 Å². The van der Waals surface area contributed by atoms with Crippen LogP contribution in [0.2, 0.25) is 0 Å². The van der Waals surface area contributed by atoms with Gasteiger partial charge in [-0.25, -0.2) is 0 Å². The summed E-state index contributed by atoms with van der Waals surface area (Å²) in [6, 6.07) is 13.3. The number of ether oxygens (including phenoxy) is 2. The summed E-state index contributed by atoms with van der Waals surface area (Å²) in [5.74, 6) is 0.152. The summed E-state index contributed by atoms with van der Waals surface area (Å²) >= 11 is 0. The largest absolute Gasteiger partial charge is 0.505 e. The van der Waals surface area contributed by atoms with Crippen molar-refractivity contribution in [2.45, 2.75) is 31.8 Å². The molecular formula is C26H25N3O6. The maximum Gasteiger partial charge on any atom is 0.278 e. The molecule has 9 heteroatoms. The molecule has 0 atom stereocenters. The molecule has 1 aromatic heterocycles. The average molecular weight is 476 g/mol. The van der Waals surface area contributed by atoms with Crippen LogP contribution in [0.5, 0.6) is 17.2 Å². The molecule has 5 rings (SSSR count). The summed E-state index contributed by atoms with van der Waals surface area (Å²) < 4.78 is 12.6. The number of aryl methyl sites for hydroxylation is 1. The number of hydrogen-bond donors (Lipinski definition) is 1. The number of nitrogens with zero attached hydrogens (tertiary/aromatic N) is 3. The molecule has 9 nitrogen and oxygen atoms in total. The summed E-state index contributed by atoms with van der Waals surface area (Å²) in [6.45, 7) is 2.53. The van der Waals surface area contributed by atoms with E-state index in [2.05, 4.69) is 5.10 Å². The van der Waals surface area contributed by atoms with E-state index in [1.807, 2.05) is 13.0 Å². The second-order valence-electron chi connectivity index (χ2n) is 9.01. The molecule has 1 spiro atoms. The molecule has 1 saturated heterocycles. The maximum atomic E-state index is 13.3. The number of carbonyl (C=O) groups excluding carboxylic acids is 2.